The van der Waals surface area contributed by atoms with Crippen LogP contribution in [-0.2, 0) is 35.2 Å². The van der Waals surface area contributed by atoms with Crippen LogP contribution in [0.2, 0.25) is 0 Å². The summed E-state index contributed by atoms with van der Waals surface area (Å²) in [7, 11) is 0. The minimum absolute atomic E-state index is 0.0436. The lowest BCUT2D eigenvalue weighted by molar-refractivity contribution is -0.145. The second kappa shape index (κ2) is 14.7. The summed E-state index contributed by atoms with van der Waals surface area (Å²) in [6, 6.07) is 1.37. The van der Waals surface area contributed by atoms with E-state index in [2.05, 4.69) is 20.9 Å². The number of carboxylic acids is 3. The van der Waals surface area contributed by atoms with E-state index >= 15 is 0 Å². The third-order valence-electron chi connectivity index (χ3n) is 5.70. The highest BCUT2D eigenvalue weighted by atomic mass is 32.2. The van der Waals surface area contributed by atoms with Gasteiger partial charge in [-0.15, -0.1) is 0 Å². The van der Waals surface area contributed by atoms with Gasteiger partial charge in [0.2, 0.25) is 17.7 Å². The van der Waals surface area contributed by atoms with E-state index in [9.17, 15) is 44.1 Å². The molecule has 4 unspecified atom stereocenters. The van der Waals surface area contributed by atoms with E-state index in [4.69, 9.17) is 5.73 Å². The summed E-state index contributed by atoms with van der Waals surface area (Å²) in [5, 5.41) is 35.2. The van der Waals surface area contributed by atoms with Crippen LogP contribution in [0.4, 0.5) is 0 Å². The molecule has 3 amide bonds. The van der Waals surface area contributed by atoms with Gasteiger partial charge >= 0.3 is 17.9 Å². The molecule has 2 aromatic rings. The first kappa shape index (κ1) is 31.1. The van der Waals surface area contributed by atoms with Gasteiger partial charge in [-0.2, -0.15) is 11.8 Å². The van der Waals surface area contributed by atoms with Crippen LogP contribution >= 0.6 is 11.8 Å². The Balaban J connectivity index is 2.13. The van der Waals surface area contributed by atoms with Crippen molar-refractivity contribution in [3.05, 3.63) is 36.0 Å². The highest BCUT2D eigenvalue weighted by molar-refractivity contribution is 7.98. The lowest BCUT2D eigenvalue weighted by atomic mass is 10.0. The first-order valence-corrected chi connectivity index (χ1v) is 13.2. The van der Waals surface area contributed by atoms with E-state index in [-0.39, 0.29) is 12.8 Å². The molecule has 4 atom stereocenters. The number of carbonyl (C=O) groups is 6. The molecule has 0 bridgehead atoms. The summed E-state index contributed by atoms with van der Waals surface area (Å²) in [4.78, 5) is 75.5. The number of fused-ring (bicyclic) bond motifs is 1. The Kier molecular flexibility index (Phi) is 11.7. The molecule has 212 valence electrons. The summed E-state index contributed by atoms with van der Waals surface area (Å²) >= 11 is 1.34. The molecule has 0 aliphatic carbocycles. The van der Waals surface area contributed by atoms with Crippen LogP contribution in [0.3, 0.4) is 0 Å². The predicted octanol–water partition coefficient (Wildman–Crippen LogP) is -0.721. The first-order chi connectivity index (χ1) is 18.4. The molecule has 2 rings (SSSR count). The van der Waals surface area contributed by atoms with Crippen molar-refractivity contribution in [3.8, 4) is 0 Å². The summed E-state index contributed by atoms with van der Waals surface area (Å²) in [6.45, 7) is 0. The highest BCUT2D eigenvalue weighted by Crippen LogP contribution is 2.18. The molecule has 1 aromatic heterocycles. The first-order valence-electron chi connectivity index (χ1n) is 11.8. The molecule has 0 aliphatic rings. The molecule has 0 radical (unpaired) electrons. The van der Waals surface area contributed by atoms with Crippen molar-refractivity contribution in [2.24, 2.45) is 5.73 Å². The number of para-hydroxylation sites is 1. The van der Waals surface area contributed by atoms with Gasteiger partial charge in [0.05, 0.1) is 18.9 Å². The van der Waals surface area contributed by atoms with Gasteiger partial charge in [0.1, 0.15) is 18.1 Å². The van der Waals surface area contributed by atoms with Crippen molar-refractivity contribution in [1.29, 1.82) is 0 Å². The molecule has 0 fully saturated rings. The van der Waals surface area contributed by atoms with E-state index in [0.29, 0.717) is 5.75 Å². The highest BCUT2D eigenvalue weighted by Gasteiger charge is 2.32. The predicted molar refractivity (Wildman–Crippen MR) is 141 cm³/mol. The van der Waals surface area contributed by atoms with E-state index in [1.165, 1.54) is 11.8 Å². The molecule has 39 heavy (non-hydrogen) atoms. The van der Waals surface area contributed by atoms with Gasteiger partial charge in [-0.25, -0.2) is 4.79 Å². The fourth-order valence-corrected chi connectivity index (χ4v) is 4.19. The number of thioether (sulfide) groups is 1. The quantitative estimate of drug-likeness (QED) is 0.126. The normalized spacial score (nSPS) is 14.0. The fourth-order valence-electron chi connectivity index (χ4n) is 3.71. The van der Waals surface area contributed by atoms with Gasteiger partial charge in [0.15, 0.2) is 0 Å². The number of H-pyrrole nitrogens is 1. The molecule has 0 saturated carbocycles. The van der Waals surface area contributed by atoms with Gasteiger partial charge in [-0.3, -0.25) is 24.0 Å². The Hall–Kier alpha value is -4.11. The molecular formula is C24H31N5O9S. The molecule has 14 nitrogen and oxygen atoms in total. The number of hydrogen-bond acceptors (Lipinski definition) is 8. The lowest BCUT2D eigenvalue weighted by Crippen LogP contribution is -2.58. The van der Waals surface area contributed by atoms with Crippen LogP contribution in [0.25, 0.3) is 10.9 Å². The molecule has 0 spiro atoms. The Morgan fingerprint density at radius 1 is 0.872 bits per heavy atom. The standard InChI is InChI=1S/C24H31N5O9S/c1-39-7-6-16(24(37)38)27-22(35)18(10-20(32)33)29-23(36)17(9-19(30)31)28-21(34)14(25)8-12-11-26-15-5-3-2-4-13(12)15/h2-5,11,14,16-18,26H,6-10,25H2,1H3,(H,27,35)(H,28,34)(H,29,36)(H,30,31)(H,32,33)(H,37,38). The van der Waals surface area contributed by atoms with Crippen LogP contribution in [0.1, 0.15) is 24.8 Å². The summed E-state index contributed by atoms with van der Waals surface area (Å²) in [5.74, 6) is -6.98. The minimum atomic E-state index is -1.74. The Bertz CT molecular complexity index is 1220. The van der Waals surface area contributed by atoms with E-state index in [0.717, 1.165) is 16.5 Å². The van der Waals surface area contributed by atoms with Crippen LogP contribution in [-0.4, -0.2) is 92.1 Å². The van der Waals surface area contributed by atoms with Crippen molar-refractivity contribution < 1.29 is 44.1 Å². The average Bonchev–Trinajstić information content (AvgIpc) is 3.27. The summed E-state index contributed by atoms with van der Waals surface area (Å²) in [6.07, 6.45) is 1.72. The number of rotatable bonds is 16. The van der Waals surface area contributed by atoms with Crippen molar-refractivity contribution >= 4 is 58.3 Å². The minimum Gasteiger partial charge on any atom is -0.481 e. The molecule has 0 aliphatic heterocycles. The molecule has 1 heterocycles. The molecule has 0 saturated heterocycles. The Labute approximate surface area is 227 Å². The van der Waals surface area contributed by atoms with Gasteiger partial charge in [0.25, 0.3) is 0 Å². The van der Waals surface area contributed by atoms with Gasteiger partial charge < -0.3 is 42.0 Å². The van der Waals surface area contributed by atoms with Crippen LogP contribution in [0, 0.1) is 0 Å². The third kappa shape index (κ3) is 9.61. The maximum Gasteiger partial charge on any atom is 0.326 e. The number of carboxylic acid groups (broad SMARTS) is 3. The number of nitrogens with one attached hydrogen (secondary N) is 4. The van der Waals surface area contributed by atoms with Crippen LogP contribution in [0.5, 0.6) is 0 Å². The van der Waals surface area contributed by atoms with Crippen LogP contribution < -0.4 is 21.7 Å². The summed E-state index contributed by atoms with van der Waals surface area (Å²) < 4.78 is 0. The van der Waals surface area contributed by atoms with Crippen LogP contribution in [0.15, 0.2) is 30.5 Å². The monoisotopic (exact) mass is 565 g/mol. The summed E-state index contributed by atoms with van der Waals surface area (Å²) in [5.41, 5.74) is 7.56. The zero-order chi connectivity index (χ0) is 29.1. The topological polar surface area (TPSA) is 241 Å². The molecule has 9 N–H and O–H groups in total. The number of benzene rings is 1. The number of aromatic nitrogens is 1. The third-order valence-corrected chi connectivity index (χ3v) is 6.34. The number of amides is 3. The zero-order valence-electron chi connectivity index (χ0n) is 21.0. The second-order valence-electron chi connectivity index (χ2n) is 8.67. The van der Waals surface area contributed by atoms with E-state index in [1.54, 1.807) is 12.5 Å². The number of hydrogen-bond donors (Lipinski definition) is 8. The molecule has 1 aromatic carbocycles. The van der Waals surface area contributed by atoms with Crippen molar-refractivity contribution in [1.82, 2.24) is 20.9 Å². The smallest absolute Gasteiger partial charge is 0.326 e. The maximum atomic E-state index is 12.9. The molecular weight excluding hydrogens is 534 g/mol. The lowest BCUT2D eigenvalue weighted by Gasteiger charge is -2.24. The number of carbonyl (C=O) groups excluding carboxylic acids is 3. The van der Waals surface area contributed by atoms with E-state index in [1.807, 2.05) is 24.3 Å². The second-order valence-corrected chi connectivity index (χ2v) is 9.65. The number of aliphatic carboxylic acids is 3. The Morgan fingerprint density at radius 3 is 1.95 bits per heavy atom. The number of aromatic amines is 1. The zero-order valence-corrected chi connectivity index (χ0v) is 21.8. The van der Waals surface area contributed by atoms with Crippen molar-refractivity contribution in [3.63, 3.8) is 0 Å². The SMILES string of the molecule is CSCCC(NC(=O)C(CC(=O)O)NC(=O)C(CC(=O)O)NC(=O)C(N)Cc1c[nH]c2ccccc12)C(=O)O. The fraction of sp³-hybridized carbons (Fsp3) is 0.417. The number of nitrogens with two attached hydrogens (primary N) is 1. The van der Waals surface area contributed by atoms with Gasteiger partial charge in [-0.05, 0) is 36.5 Å². The molecule has 15 heteroatoms. The van der Waals surface area contributed by atoms with Crippen molar-refractivity contribution in [2.45, 2.75) is 49.9 Å². The van der Waals surface area contributed by atoms with Gasteiger partial charge in [-0.1, -0.05) is 18.2 Å². The van der Waals surface area contributed by atoms with Crippen molar-refractivity contribution in [2.75, 3.05) is 12.0 Å². The van der Waals surface area contributed by atoms with E-state index < -0.39 is 72.6 Å². The average molecular weight is 566 g/mol. The largest absolute Gasteiger partial charge is 0.481 e. The van der Waals surface area contributed by atoms with Gasteiger partial charge in [0, 0.05) is 17.1 Å². The Morgan fingerprint density at radius 2 is 1.41 bits per heavy atom. The maximum absolute atomic E-state index is 12.9.